The number of likely N-dealkylation sites (N-methyl/N-ethyl adjacent to an activating group) is 1. The third-order valence-corrected chi connectivity index (χ3v) is 6.05. The van der Waals surface area contributed by atoms with Crippen LogP contribution in [-0.4, -0.2) is 83.9 Å². The molecule has 1 aromatic carbocycles. The van der Waals surface area contributed by atoms with E-state index in [0.717, 1.165) is 0 Å². The van der Waals surface area contributed by atoms with E-state index < -0.39 is 37.1 Å². The molecule has 3 atom stereocenters. The normalized spacial score (nSPS) is 19.2. The summed E-state index contributed by atoms with van der Waals surface area (Å²) in [6.45, 7) is 7.55. The van der Waals surface area contributed by atoms with Gasteiger partial charge in [0.15, 0.2) is 0 Å². The van der Waals surface area contributed by atoms with Gasteiger partial charge in [-0.05, 0) is 39.0 Å². The van der Waals surface area contributed by atoms with Crippen molar-refractivity contribution in [2.45, 2.75) is 71.3 Å². The molecule has 0 saturated heterocycles. The molecule has 1 heterocycles. The number of ether oxygens (including phenoxy) is 1. The maximum Gasteiger partial charge on any atom is 0.389 e. The van der Waals surface area contributed by atoms with E-state index in [0.29, 0.717) is 11.3 Å². The van der Waals surface area contributed by atoms with E-state index in [4.69, 9.17) is 4.74 Å². The zero-order chi connectivity index (χ0) is 27.9. The Bertz CT molecular complexity index is 957. The first-order chi connectivity index (χ1) is 17.2. The Morgan fingerprint density at radius 3 is 2.54 bits per heavy atom. The molecule has 208 valence electrons. The number of nitrogens with zero attached hydrogens (tertiary/aromatic N) is 2. The second-order valence-corrected chi connectivity index (χ2v) is 9.86. The molecule has 0 unspecified atom stereocenters. The molecule has 37 heavy (non-hydrogen) atoms. The van der Waals surface area contributed by atoms with Crippen LogP contribution in [0.25, 0.3) is 0 Å². The number of alkyl halides is 3. The Balaban J connectivity index is 2.34. The highest BCUT2D eigenvalue weighted by Crippen LogP contribution is 2.29. The minimum absolute atomic E-state index is 0.0576. The number of carbonyl (C=O) groups excluding carboxylic acids is 3. The van der Waals surface area contributed by atoms with Crippen LogP contribution >= 0.6 is 0 Å². The van der Waals surface area contributed by atoms with E-state index in [2.05, 4.69) is 10.6 Å². The Morgan fingerprint density at radius 1 is 1.27 bits per heavy atom. The lowest BCUT2D eigenvalue weighted by molar-refractivity contribution is -0.142. The largest absolute Gasteiger partial charge is 0.488 e. The summed E-state index contributed by atoms with van der Waals surface area (Å²) in [7, 11) is 1.64. The van der Waals surface area contributed by atoms with Gasteiger partial charge in [0.1, 0.15) is 11.9 Å². The van der Waals surface area contributed by atoms with Gasteiger partial charge in [0, 0.05) is 43.2 Å². The number of hydrogen-bond donors (Lipinski definition) is 3. The monoisotopic (exact) mass is 530 g/mol. The zero-order valence-corrected chi connectivity index (χ0v) is 21.9. The number of halogens is 3. The Morgan fingerprint density at radius 2 is 1.95 bits per heavy atom. The Labute approximate surface area is 215 Å². The van der Waals surface area contributed by atoms with Gasteiger partial charge in [-0.1, -0.05) is 6.92 Å². The third kappa shape index (κ3) is 9.42. The van der Waals surface area contributed by atoms with Gasteiger partial charge in [-0.15, -0.1) is 0 Å². The molecule has 1 aliphatic heterocycles. The predicted molar refractivity (Wildman–Crippen MR) is 132 cm³/mol. The predicted octanol–water partition coefficient (Wildman–Crippen LogP) is 3.17. The van der Waals surface area contributed by atoms with Gasteiger partial charge in [0.2, 0.25) is 11.8 Å². The van der Waals surface area contributed by atoms with Crippen LogP contribution in [0.15, 0.2) is 18.2 Å². The van der Waals surface area contributed by atoms with E-state index in [1.54, 1.807) is 24.9 Å². The summed E-state index contributed by atoms with van der Waals surface area (Å²) in [6, 6.07) is 3.75. The summed E-state index contributed by atoms with van der Waals surface area (Å²) in [5, 5.41) is 15.0. The van der Waals surface area contributed by atoms with Crippen LogP contribution in [0, 0.1) is 5.92 Å². The first-order valence-electron chi connectivity index (χ1n) is 12.3. The maximum absolute atomic E-state index is 13.2. The maximum atomic E-state index is 13.2. The van der Waals surface area contributed by atoms with Gasteiger partial charge >= 0.3 is 12.2 Å². The number of urea groups is 1. The highest BCUT2D eigenvalue weighted by Gasteiger charge is 2.32. The number of nitrogens with one attached hydrogen (secondary N) is 2. The molecule has 0 radical (unpaired) electrons. The number of rotatable bonds is 8. The second kappa shape index (κ2) is 13.0. The number of carbonyl (C=O) groups is 3. The fourth-order valence-corrected chi connectivity index (χ4v) is 3.91. The summed E-state index contributed by atoms with van der Waals surface area (Å²) in [5.41, 5.74) is 0.670. The van der Waals surface area contributed by atoms with Crippen molar-refractivity contribution in [3.63, 3.8) is 0 Å². The van der Waals surface area contributed by atoms with Crippen molar-refractivity contribution < 1.29 is 37.4 Å². The third-order valence-electron chi connectivity index (χ3n) is 6.05. The van der Waals surface area contributed by atoms with Crippen molar-refractivity contribution in [1.29, 1.82) is 0 Å². The molecule has 2 rings (SSSR count). The Kier molecular flexibility index (Phi) is 10.6. The highest BCUT2D eigenvalue weighted by atomic mass is 19.4. The zero-order valence-electron chi connectivity index (χ0n) is 21.9. The number of anilines is 1. The summed E-state index contributed by atoms with van der Waals surface area (Å²) in [6.07, 6.45) is -7.03. The van der Waals surface area contributed by atoms with E-state index in [-0.39, 0.29) is 55.7 Å². The van der Waals surface area contributed by atoms with Crippen LogP contribution < -0.4 is 15.4 Å². The van der Waals surface area contributed by atoms with Gasteiger partial charge in [-0.2, -0.15) is 13.2 Å². The van der Waals surface area contributed by atoms with Gasteiger partial charge in [-0.3, -0.25) is 9.59 Å². The average Bonchev–Trinajstić information content (AvgIpc) is 2.84. The van der Waals surface area contributed by atoms with Crippen LogP contribution in [0.4, 0.5) is 23.7 Å². The molecule has 0 saturated carbocycles. The molecule has 0 aromatic heterocycles. The van der Waals surface area contributed by atoms with Gasteiger partial charge < -0.3 is 30.3 Å². The van der Waals surface area contributed by atoms with Crippen molar-refractivity contribution in [3.8, 4) is 5.75 Å². The van der Waals surface area contributed by atoms with Crippen LogP contribution in [0.3, 0.4) is 0 Å². The molecule has 4 amide bonds. The average molecular weight is 531 g/mol. The minimum Gasteiger partial charge on any atom is -0.488 e. The van der Waals surface area contributed by atoms with Gasteiger partial charge in [-0.25, -0.2) is 4.79 Å². The first kappa shape index (κ1) is 30.2. The van der Waals surface area contributed by atoms with Crippen molar-refractivity contribution in [2.75, 3.05) is 32.1 Å². The van der Waals surface area contributed by atoms with Crippen LogP contribution in [0.2, 0.25) is 0 Å². The molecule has 1 aliphatic rings. The lowest BCUT2D eigenvalue weighted by Gasteiger charge is -2.34. The van der Waals surface area contributed by atoms with E-state index >= 15 is 0 Å². The molecular weight excluding hydrogens is 493 g/mol. The number of aliphatic hydroxyl groups is 1. The van der Waals surface area contributed by atoms with Gasteiger partial charge in [0.25, 0.3) is 0 Å². The van der Waals surface area contributed by atoms with Crippen LogP contribution in [-0.2, 0) is 16.0 Å². The smallest absolute Gasteiger partial charge is 0.389 e. The fourth-order valence-electron chi connectivity index (χ4n) is 3.91. The molecule has 0 aliphatic carbocycles. The summed E-state index contributed by atoms with van der Waals surface area (Å²) in [4.78, 5) is 40.8. The molecular formula is C25H37F3N4O5. The summed E-state index contributed by atoms with van der Waals surface area (Å²) < 4.78 is 43.7. The number of fused-ring (bicyclic) bond motifs is 1. The Hall–Kier alpha value is -3.02. The molecule has 3 N–H and O–H groups in total. The highest BCUT2D eigenvalue weighted by molar-refractivity contribution is 5.91. The lowest BCUT2D eigenvalue weighted by Crippen LogP contribution is -2.49. The minimum atomic E-state index is -4.44. The molecule has 0 fully saturated rings. The molecule has 12 heteroatoms. The van der Waals surface area contributed by atoms with Gasteiger partial charge in [0.05, 0.1) is 32.0 Å². The van der Waals surface area contributed by atoms with Crippen LogP contribution in [0.5, 0.6) is 5.75 Å². The van der Waals surface area contributed by atoms with Crippen molar-refractivity contribution >= 4 is 23.5 Å². The van der Waals surface area contributed by atoms with Crippen LogP contribution in [0.1, 0.15) is 46.1 Å². The topological polar surface area (TPSA) is 111 Å². The molecule has 0 spiro atoms. The number of aliphatic hydroxyl groups excluding tert-OH is 1. The molecule has 1 aromatic rings. The first-order valence-corrected chi connectivity index (χ1v) is 12.3. The number of benzene rings is 1. The lowest BCUT2D eigenvalue weighted by atomic mass is 10.0. The quantitative estimate of drug-likeness (QED) is 0.478. The second-order valence-electron chi connectivity index (χ2n) is 9.86. The van der Waals surface area contributed by atoms with E-state index in [1.165, 1.54) is 17.0 Å². The van der Waals surface area contributed by atoms with E-state index in [1.807, 2.05) is 20.8 Å². The SMILES string of the molecule is CC(C)NC(=O)N(C)C[C@H]1Oc2ccc(NC(=O)CCC(F)(F)F)cc2CC(=O)N([C@H](C)CO)C[C@H]1C. The fraction of sp³-hybridized carbons (Fsp3) is 0.640. The standard InChI is InChI=1S/C25H37F3N4O5/c1-15(2)29-24(36)31(5)13-21-16(3)12-32(17(4)14-33)23(35)11-18-10-19(6-7-20(18)37-21)30-22(34)8-9-25(26,27)28/h6-7,10,15-17,21,33H,8-9,11-14H2,1-5H3,(H,29,36)(H,30,34)/t16-,17-,21-/m1/s1. The molecule has 0 bridgehead atoms. The van der Waals surface area contributed by atoms with Crippen molar-refractivity contribution in [1.82, 2.24) is 15.1 Å². The van der Waals surface area contributed by atoms with E-state index in [9.17, 15) is 32.7 Å². The number of amides is 4. The number of hydrogen-bond acceptors (Lipinski definition) is 5. The van der Waals surface area contributed by atoms with Crippen molar-refractivity contribution in [2.24, 2.45) is 5.92 Å². The van der Waals surface area contributed by atoms with Crippen molar-refractivity contribution in [3.05, 3.63) is 23.8 Å². The summed E-state index contributed by atoms with van der Waals surface area (Å²) in [5.74, 6) is -0.924. The summed E-state index contributed by atoms with van der Waals surface area (Å²) >= 11 is 0. The molecule has 9 nitrogen and oxygen atoms in total.